The molecule has 0 unspecified atom stereocenters. The monoisotopic (exact) mass is 647 g/mol. The molecule has 0 spiro atoms. The van der Waals surface area contributed by atoms with E-state index in [1.807, 2.05) is 25.9 Å². The fraction of sp³-hybridized carbons (Fsp3) is 0.811. The molecule has 2 amide bonds. The predicted octanol–water partition coefficient (Wildman–Crippen LogP) is 8.45. The standard InChI is InChI=1S/C37H65N3O4S/c1-6-8-10-12-14-17-21-31(22-18-15-13-11-9-7-2)37(43)44-28-20-16-19-23-34(41)40-26-24-32-33(29-40)45-30(3)35(32)36(42)38-25-27-39(4)5/h31H,6-29H2,1-5H3,(H,38,42). The van der Waals surface area contributed by atoms with Gasteiger partial charge < -0.3 is 19.9 Å². The van der Waals surface area contributed by atoms with Crippen molar-refractivity contribution in [2.75, 3.05) is 40.3 Å². The quantitative estimate of drug-likeness (QED) is 0.0851. The first-order chi connectivity index (χ1) is 21.8. The molecule has 0 bridgehead atoms. The zero-order chi connectivity index (χ0) is 32.9. The second kappa shape index (κ2) is 23.4. The van der Waals surface area contributed by atoms with Gasteiger partial charge in [0.1, 0.15) is 0 Å². The number of hydrogen-bond acceptors (Lipinski definition) is 6. The molecule has 2 heterocycles. The van der Waals surface area contributed by atoms with Crippen molar-refractivity contribution >= 4 is 29.1 Å². The summed E-state index contributed by atoms with van der Waals surface area (Å²) in [6.07, 6.45) is 20.6. The van der Waals surface area contributed by atoms with Gasteiger partial charge in [-0.25, -0.2) is 0 Å². The number of unbranched alkanes of at least 4 members (excludes halogenated alkanes) is 12. The Balaban J connectivity index is 1.69. The fourth-order valence-corrected chi connectivity index (χ4v) is 7.49. The number of amides is 2. The van der Waals surface area contributed by atoms with Gasteiger partial charge in [0, 0.05) is 35.8 Å². The van der Waals surface area contributed by atoms with Gasteiger partial charge in [-0.3, -0.25) is 14.4 Å². The molecular weight excluding hydrogens is 582 g/mol. The first-order valence-electron chi connectivity index (χ1n) is 18.3. The average molecular weight is 648 g/mol. The molecule has 0 saturated heterocycles. The Hall–Kier alpha value is -1.93. The van der Waals surface area contributed by atoms with E-state index in [0.717, 1.165) is 78.8 Å². The smallest absolute Gasteiger partial charge is 0.308 e. The van der Waals surface area contributed by atoms with Crippen molar-refractivity contribution in [3.05, 3.63) is 20.9 Å². The number of thiophene rings is 1. The summed E-state index contributed by atoms with van der Waals surface area (Å²) in [4.78, 5) is 45.0. The molecule has 1 aliphatic heterocycles. The van der Waals surface area contributed by atoms with Gasteiger partial charge in [-0.1, -0.05) is 90.9 Å². The minimum Gasteiger partial charge on any atom is -0.465 e. The van der Waals surface area contributed by atoms with Crippen molar-refractivity contribution in [1.82, 2.24) is 15.1 Å². The number of nitrogens with zero attached hydrogens (tertiary/aromatic N) is 2. The van der Waals surface area contributed by atoms with Crippen molar-refractivity contribution in [3.8, 4) is 0 Å². The number of fused-ring (bicyclic) bond motifs is 1. The largest absolute Gasteiger partial charge is 0.465 e. The number of hydrogen-bond donors (Lipinski definition) is 1. The minimum absolute atomic E-state index is 0.00321. The van der Waals surface area contributed by atoms with Crippen LogP contribution in [0.5, 0.6) is 0 Å². The summed E-state index contributed by atoms with van der Waals surface area (Å²) in [5.41, 5.74) is 1.94. The van der Waals surface area contributed by atoms with E-state index < -0.39 is 0 Å². The molecule has 0 fully saturated rings. The highest BCUT2D eigenvalue weighted by Crippen LogP contribution is 2.33. The van der Waals surface area contributed by atoms with Crippen molar-refractivity contribution in [1.29, 1.82) is 0 Å². The van der Waals surface area contributed by atoms with Gasteiger partial charge in [-0.2, -0.15) is 0 Å². The lowest BCUT2D eigenvalue weighted by molar-refractivity contribution is -0.149. The highest BCUT2D eigenvalue weighted by Gasteiger charge is 2.28. The maximum absolute atomic E-state index is 13.0. The molecule has 1 aliphatic rings. The highest BCUT2D eigenvalue weighted by molar-refractivity contribution is 7.12. The molecule has 45 heavy (non-hydrogen) atoms. The molecule has 0 radical (unpaired) electrons. The first kappa shape index (κ1) is 39.2. The van der Waals surface area contributed by atoms with Crippen LogP contribution in [0.2, 0.25) is 0 Å². The summed E-state index contributed by atoms with van der Waals surface area (Å²) in [6.45, 7) is 9.64. The van der Waals surface area contributed by atoms with Crippen LogP contribution in [0.25, 0.3) is 0 Å². The Labute approximate surface area is 279 Å². The molecule has 2 rings (SSSR count). The van der Waals surface area contributed by atoms with Gasteiger partial charge in [0.15, 0.2) is 0 Å². The number of aryl methyl sites for hydroxylation is 1. The average Bonchev–Trinajstić information content (AvgIpc) is 3.35. The van der Waals surface area contributed by atoms with E-state index in [2.05, 4.69) is 24.1 Å². The van der Waals surface area contributed by atoms with Crippen LogP contribution in [0.4, 0.5) is 0 Å². The summed E-state index contributed by atoms with van der Waals surface area (Å²) < 4.78 is 5.76. The molecule has 1 N–H and O–H groups in total. The van der Waals surface area contributed by atoms with E-state index in [1.54, 1.807) is 11.3 Å². The molecule has 0 atom stereocenters. The third kappa shape index (κ3) is 15.5. The van der Waals surface area contributed by atoms with Crippen LogP contribution in [0.3, 0.4) is 0 Å². The molecule has 0 saturated carbocycles. The van der Waals surface area contributed by atoms with E-state index in [4.69, 9.17) is 4.74 Å². The highest BCUT2D eigenvalue weighted by atomic mass is 32.1. The van der Waals surface area contributed by atoms with Crippen LogP contribution >= 0.6 is 11.3 Å². The fourth-order valence-electron chi connectivity index (χ4n) is 6.26. The lowest BCUT2D eigenvalue weighted by Crippen LogP contribution is -2.36. The number of nitrogens with one attached hydrogen (secondary N) is 1. The minimum atomic E-state index is -0.00527. The SMILES string of the molecule is CCCCCCCCC(CCCCCCCC)C(=O)OCCCCCC(=O)N1CCc2c(sc(C)c2C(=O)NCCN(C)C)C1. The van der Waals surface area contributed by atoms with Crippen LogP contribution in [-0.4, -0.2) is 67.9 Å². The third-order valence-corrected chi connectivity index (χ3v) is 10.2. The summed E-state index contributed by atoms with van der Waals surface area (Å²) in [5, 5.41) is 3.05. The van der Waals surface area contributed by atoms with Gasteiger partial charge in [0.2, 0.25) is 5.91 Å². The molecule has 8 heteroatoms. The molecular formula is C37H65N3O4S. The molecule has 258 valence electrons. The molecule has 1 aromatic heterocycles. The zero-order valence-corrected chi connectivity index (χ0v) is 30.3. The van der Waals surface area contributed by atoms with Gasteiger partial charge in [-0.05, 0) is 65.1 Å². The van der Waals surface area contributed by atoms with E-state index in [9.17, 15) is 14.4 Å². The topological polar surface area (TPSA) is 79.0 Å². The summed E-state index contributed by atoms with van der Waals surface area (Å²) >= 11 is 1.65. The van der Waals surface area contributed by atoms with Crippen LogP contribution in [0.15, 0.2) is 0 Å². The van der Waals surface area contributed by atoms with Crippen molar-refractivity contribution in [3.63, 3.8) is 0 Å². The number of carbonyl (C=O) groups excluding carboxylic acids is 3. The summed E-state index contributed by atoms with van der Waals surface area (Å²) in [7, 11) is 3.99. The van der Waals surface area contributed by atoms with Crippen LogP contribution in [0.1, 0.15) is 155 Å². The van der Waals surface area contributed by atoms with E-state index in [1.165, 1.54) is 64.2 Å². The molecule has 0 aromatic carbocycles. The maximum atomic E-state index is 13.0. The number of carbonyl (C=O) groups is 3. The van der Waals surface area contributed by atoms with Crippen molar-refractivity contribution in [2.24, 2.45) is 5.92 Å². The number of rotatable bonds is 25. The Morgan fingerprint density at radius 2 is 1.47 bits per heavy atom. The van der Waals surface area contributed by atoms with Gasteiger partial charge in [-0.15, -0.1) is 11.3 Å². The van der Waals surface area contributed by atoms with Crippen molar-refractivity contribution in [2.45, 2.75) is 149 Å². The number of esters is 1. The third-order valence-electron chi connectivity index (χ3n) is 9.08. The molecule has 7 nitrogen and oxygen atoms in total. The Kier molecular flexibility index (Phi) is 20.4. The second-order valence-electron chi connectivity index (χ2n) is 13.3. The lowest BCUT2D eigenvalue weighted by Gasteiger charge is -2.27. The predicted molar refractivity (Wildman–Crippen MR) is 188 cm³/mol. The second-order valence-corrected chi connectivity index (χ2v) is 14.7. The normalized spacial score (nSPS) is 13.0. The van der Waals surface area contributed by atoms with Crippen LogP contribution in [-0.2, 0) is 27.3 Å². The summed E-state index contributed by atoms with van der Waals surface area (Å²) in [6, 6.07) is 0. The zero-order valence-electron chi connectivity index (χ0n) is 29.5. The van der Waals surface area contributed by atoms with E-state index >= 15 is 0 Å². The van der Waals surface area contributed by atoms with Gasteiger partial charge in [0.05, 0.1) is 24.6 Å². The summed E-state index contributed by atoms with van der Waals surface area (Å²) in [5.74, 6) is 0.217. The maximum Gasteiger partial charge on any atom is 0.308 e. The Bertz CT molecular complexity index is 977. The van der Waals surface area contributed by atoms with Gasteiger partial charge >= 0.3 is 5.97 Å². The first-order valence-corrected chi connectivity index (χ1v) is 19.1. The lowest BCUT2D eigenvalue weighted by atomic mass is 9.94. The van der Waals surface area contributed by atoms with Crippen LogP contribution in [0, 0.1) is 12.8 Å². The van der Waals surface area contributed by atoms with E-state index in [-0.39, 0.29) is 23.7 Å². The number of likely N-dealkylation sites (N-methyl/N-ethyl adjacent to an activating group) is 1. The van der Waals surface area contributed by atoms with Crippen molar-refractivity contribution < 1.29 is 19.1 Å². The Morgan fingerprint density at radius 3 is 2.09 bits per heavy atom. The molecule has 0 aliphatic carbocycles. The van der Waals surface area contributed by atoms with E-state index in [0.29, 0.717) is 32.7 Å². The Morgan fingerprint density at radius 1 is 0.867 bits per heavy atom. The number of ether oxygens (including phenoxy) is 1. The van der Waals surface area contributed by atoms with Crippen LogP contribution < -0.4 is 5.32 Å². The van der Waals surface area contributed by atoms with Gasteiger partial charge in [0.25, 0.3) is 5.91 Å². The molecule has 1 aromatic rings.